The van der Waals surface area contributed by atoms with Crippen LogP contribution in [0.25, 0.3) is 0 Å². The third-order valence-electron chi connectivity index (χ3n) is 3.01. The van der Waals surface area contributed by atoms with Crippen molar-refractivity contribution >= 4 is 17.2 Å². The predicted molar refractivity (Wildman–Crippen MR) is 77.5 cm³/mol. The first-order valence-corrected chi connectivity index (χ1v) is 7.41. The summed E-state index contributed by atoms with van der Waals surface area (Å²) in [5.41, 5.74) is 0.999. The summed E-state index contributed by atoms with van der Waals surface area (Å²) in [5, 5.41) is 4.79. The van der Waals surface area contributed by atoms with E-state index < -0.39 is 0 Å². The zero-order valence-electron chi connectivity index (χ0n) is 10.9. The average Bonchev–Trinajstić information content (AvgIpc) is 2.90. The van der Waals surface area contributed by atoms with Crippen LogP contribution in [0.3, 0.4) is 0 Å². The highest BCUT2D eigenvalue weighted by molar-refractivity contribution is 7.12. The molecule has 0 aliphatic carbocycles. The van der Waals surface area contributed by atoms with Gasteiger partial charge in [-0.2, -0.15) is 0 Å². The molecule has 20 heavy (non-hydrogen) atoms. The quantitative estimate of drug-likeness (QED) is 0.945. The third-order valence-corrected chi connectivity index (χ3v) is 3.88. The predicted octanol–water partition coefficient (Wildman–Crippen LogP) is 2.84. The van der Waals surface area contributed by atoms with Gasteiger partial charge in [-0.25, -0.2) is 0 Å². The molecule has 0 fully saturated rings. The van der Waals surface area contributed by atoms with Gasteiger partial charge >= 0.3 is 0 Å². The van der Waals surface area contributed by atoms with Gasteiger partial charge in [-0.05, 0) is 29.1 Å². The largest absolute Gasteiger partial charge is 0.490 e. The summed E-state index contributed by atoms with van der Waals surface area (Å²) in [7, 11) is 0. The molecule has 104 valence electrons. The van der Waals surface area contributed by atoms with E-state index in [0.717, 1.165) is 28.4 Å². The van der Waals surface area contributed by atoms with E-state index in [1.807, 2.05) is 35.7 Å². The summed E-state index contributed by atoms with van der Waals surface area (Å²) in [6.45, 7) is 1.83. The number of rotatable bonds is 3. The minimum atomic E-state index is -0.0490. The Morgan fingerprint density at radius 3 is 2.85 bits per heavy atom. The van der Waals surface area contributed by atoms with Crippen molar-refractivity contribution in [3.8, 4) is 11.5 Å². The minimum absolute atomic E-state index is 0.0490. The van der Waals surface area contributed by atoms with E-state index >= 15 is 0 Å². The summed E-state index contributed by atoms with van der Waals surface area (Å²) >= 11 is 1.44. The monoisotopic (exact) mass is 289 g/mol. The standard InChI is InChI=1S/C15H15NO3S/c17-15(14-3-1-8-20-14)16-10-11-4-5-12-13(9-11)19-7-2-6-18-12/h1,3-5,8-9H,2,6-7,10H2,(H,16,17). The van der Waals surface area contributed by atoms with Crippen molar-refractivity contribution in [2.45, 2.75) is 13.0 Å². The van der Waals surface area contributed by atoms with Crippen LogP contribution >= 0.6 is 11.3 Å². The van der Waals surface area contributed by atoms with Crippen molar-refractivity contribution < 1.29 is 14.3 Å². The second-order valence-electron chi connectivity index (χ2n) is 4.49. The number of ether oxygens (including phenoxy) is 2. The van der Waals surface area contributed by atoms with Gasteiger partial charge in [0.1, 0.15) is 0 Å². The zero-order valence-corrected chi connectivity index (χ0v) is 11.7. The molecule has 5 heteroatoms. The molecular weight excluding hydrogens is 274 g/mol. The molecule has 0 unspecified atom stereocenters. The molecule has 1 aromatic carbocycles. The van der Waals surface area contributed by atoms with Crippen LogP contribution in [0.1, 0.15) is 21.7 Å². The fourth-order valence-corrected chi connectivity index (χ4v) is 2.63. The Balaban J connectivity index is 1.66. The smallest absolute Gasteiger partial charge is 0.261 e. The Bertz CT molecular complexity index is 595. The highest BCUT2D eigenvalue weighted by Gasteiger charge is 2.11. The Hall–Kier alpha value is -2.01. The van der Waals surface area contributed by atoms with Crippen LogP contribution in [0, 0.1) is 0 Å². The van der Waals surface area contributed by atoms with Gasteiger partial charge in [0.15, 0.2) is 11.5 Å². The normalized spacial score (nSPS) is 13.6. The highest BCUT2D eigenvalue weighted by Crippen LogP contribution is 2.30. The topological polar surface area (TPSA) is 47.6 Å². The van der Waals surface area contributed by atoms with Gasteiger partial charge < -0.3 is 14.8 Å². The molecule has 1 amide bonds. The summed E-state index contributed by atoms with van der Waals surface area (Å²) in [6, 6.07) is 9.45. The molecule has 0 bridgehead atoms. The maximum atomic E-state index is 11.9. The first-order valence-electron chi connectivity index (χ1n) is 6.53. The molecule has 1 N–H and O–H groups in total. The Morgan fingerprint density at radius 2 is 2.05 bits per heavy atom. The SMILES string of the molecule is O=C(NCc1ccc2c(c1)OCCCO2)c1cccs1. The van der Waals surface area contributed by atoms with Crippen molar-refractivity contribution in [3.05, 3.63) is 46.2 Å². The van der Waals surface area contributed by atoms with E-state index in [-0.39, 0.29) is 5.91 Å². The van der Waals surface area contributed by atoms with Crippen LogP contribution in [0.5, 0.6) is 11.5 Å². The molecule has 1 aromatic heterocycles. The van der Waals surface area contributed by atoms with E-state index in [1.54, 1.807) is 0 Å². The van der Waals surface area contributed by atoms with Crippen molar-refractivity contribution in [1.29, 1.82) is 0 Å². The lowest BCUT2D eigenvalue weighted by molar-refractivity contribution is 0.0955. The van der Waals surface area contributed by atoms with Gasteiger partial charge in [0, 0.05) is 13.0 Å². The Kier molecular flexibility index (Phi) is 3.87. The lowest BCUT2D eigenvalue weighted by Crippen LogP contribution is -2.21. The molecule has 0 saturated heterocycles. The summed E-state index contributed by atoms with van der Waals surface area (Å²) in [6.07, 6.45) is 0.888. The van der Waals surface area contributed by atoms with Gasteiger partial charge in [-0.15, -0.1) is 11.3 Å². The molecule has 2 heterocycles. The third kappa shape index (κ3) is 2.93. The lowest BCUT2D eigenvalue weighted by atomic mass is 10.2. The number of amides is 1. The Labute approximate surface area is 121 Å². The van der Waals surface area contributed by atoms with Crippen LogP contribution in [-0.2, 0) is 6.54 Å². The van der Waals surface area contributed by atoms with Gasteiger partial charge in [0.25, 0.3) is 5.91 Å². The van der Waals surface area contributed by atoms with Crippen LogP contribution in [0.2, 0.25) is 0 Å². The van der Waals surface area contributed by atoms with Crippen LogP contribution in [0.15, 0.2) is 35.7 Å². The van der Waals surface area contributed by atoms with Gasteiger partial charge in [0.2, 0.25) is 0 Å². The number of nitrogens with one attached hydrogen (secondary N) is 1. The molecule has 2 aromatic rings. The molecule has 0 radical (unpaired) electrons. The summed E-state index contributed by atoms with van der Waals surface area (Å²) in [5.74, 6) is 1.48. The van der Waals surface area contributed by atoms with Crippen LogP contribution in [0.4, 0.5) is 0 Å². The van der Waals surface area contributed by atoms with Gasteiger partial charge in [-0.1, -0.05) is 12.1 Å². The van der Waals surface area contributed by atoms with Crippen molar-refractivity contribution in [1.82, 2.24) is 5.32 Å². The maximum Gasteiger partial charge on any atom is 0.261 e. The minimum Gasteiger partial charge on any atom is -0.490 e. The molecule has 0 atom stereocenters. The number of hydrogen-bond acceptors (Lipinski definition) is 4. The van der Waals surface area contributed by atoms with Crippen LogP contribution < -0.4 is 14.8 Å². The maximum absolute atomic E-state index is 11.9. The number of benzene rings is 1. The molecule has 1 aliphatic rings. The Morgan fingerprint density at radius 1 is 1.20 bits per heavy atom. The van der Waals surface area contributed by atoms with E-state index in [0.29, 0.717) is 19.8 Å². The molecular formula is C15H15NO3S. The number of fused-ring (bicyclic) bond motifs is 1. The van der Waals surface area contributed by atoms with Crippen molar-refractivity contribution in [3.63, 3.8) is 0 Å². The fraction of sp³-hybridized carbons (Fsp3) is 0.267. The van der Waals surface area contributed by atoms with E-state index in [2.05, 4.69) is 5.32 Å². The number of hydrogen-bond donors (Lipinski definition) is 1. The summed E-state index contributed by atoms with van der Waals surface area (Å²) in [4.78, 5) is 12.6. The molecule has 1 aliphatic heterocycles. The number of carbonyl (C=O) groups excluding carboxylic acids is 1. The van der Waals surface area contributed by atoms with Crippen LogP contribution in [-0.4, -0.2) is 19.1 Å². The number of thiophene rings is 1. The van der Waals surface area contributed by atoms with E-state index in [1.165, 1.54) is 11.3 Å². The van der Waals surface area contributed by atoms with Crippen molar-refractivity contribution in [2.75, 3.05) is 13.2 Å². The molecule has 0 saturated carbocycles. The first-order chi connectivity index (χ1) is 9.83. The lowest BCUT2D eigenvalue weighted by Gasteiger charge is -2.09. The fourth-order valence-electron chi connectivity index (χ4n) is 1.99. The van der Waals surface area contributed by atoms with Gasteiger partial charge in [0.05, 0.1) is 18.1 Å². The molecule has 3 rings (SSSR count). The second kappa shape index (κ2) is 5.96. The first kappa shape index (κ1) is 13.0. The molecule has 4 nitrogen and oxygen atoms in total. The van der Waals surface area contributed by atoms with E-state index in [9.17, 15) is 4.79 Å². The van der Waals surface area contributed by atoms with E-state index in [4.69, 9.17) is 9.47 Å². The number of carbonyl (C=O) groups is 1. The van der Waals surface area contributed by atoms with Crippen molar-refractivity contribution in [2.24, 2.45) is 0 Å². The molecule has 0 spiro atoms. The summed E-state index contributed by atoms with van der Waals surface area (Å²) < 4.78 is 11.2. The zero-order chi connectivity index (χ0) is 13.8. The van der Waals surface area contributed by atoms with Gasteiger partial charge in [-0.3, -0.25) is 4.79 Å². The average molecular weight is 289 g/mol. The second-order valence-corrected chi connectivity index (χ2v) is 5.44. The highest BCUT2D eigenvalue weighted by atomic mass is 32.1.